The lowest BCUT2D eigenvalue weighted by atomic mass is 9.94. The minimum Gasteiger partial charge on any atom is -0.468 e. The molecule has 1 aliphatic carbocycles. The van der Waals surface area contributed by atoms with Crippen LogP contribution >= 0.6 is 0 Å². The summed E-state index contributed by atoms with van der Waals surface area (Å²) < 4.78 is 12.2. The van der Waals surface area contributed by atoms with Crippen LogP contribution in [0.3, 0.4) is 0 Å². The quantitative estimate of drug-likeness (QED) is 0.459. The number of benzene rings is 2. The number of fused-ring (bicyclic) bond motifs is 1. The fourth-order valence-corrected chi connectivity index (χ4v) is 5.48. The van der Waals surface area contributed by atoms with Crippen LogP contribution in [0.15, 0.2) is 60.7 Å². The molecule has 194 valence electrons. The second-order valence-corrected chi connectivity index (χ2v) is 9.55. The van der Waals surface area contributed by atoms with Crippen molar-refractivity contribution in [2.75, 3.05) is 39.2 Å². The smallest absolute Gasteiger partial charge is 0.325 e. The standard InChI is InChI=1S/C28H33N5O4/c1-36-18-25(27(34)37-2)32-16-22(19-10-5-3-6-11-19)24(17-32)29-28(35)30-26-21-14-9-15-23(21)31-33(26)20-12-7-4-8-13-20/h3-8,10-13,22,24-25H,9,14-18H2,1-2H3,(H2,29,30,35)/t22-,24?,25?/m0/s1. The number of carbonyl (C=O) groups is 2. The Kier molecular flexibility index (Phi) is 7.52. The molecule has 9 nitrogen and oxygen atoms in total. The Morgan fingerprint density at radius 2 is 1.76 bits per heavy atom. The second kappa shape index (κ2) is 11.1. The highest BCUT2D eigenvalue weighted by molar-refractivity contribution is 5.90. The summed E-state index contributed by atoms with van der Waals surface area (Å²) in [5.41, 5.74) is 4.14. The van der Waals surface area contributed by atoms with Crippen LogP contribution in [0.5, 0.6) is 0 Å². The van der Waals surface area contributed by atoms with Gasteiger partial charge >= 0.3 is 12.0 Å². The predicted octanol–water partition coefficient (Wildman–Crippen LogP) is 3.14. The number of carbonyl (C=O) groups excluding carboxylic acids is 2. The Morgan fingerprint density at radius 3 is 2.46 bits per heavy atom. The van der Waals surface area contributed by atoms with Gasteiger partial charge in [0, 0.05) is 31.7 Å². The van der Waals surface area contributed by atoms with Crippen molar-refractivity contribution in [2.45, 2.75) is 37.3 Å². The van der Waals surface area contributed by atoms with Crippen LogP contribution in [-0.2, 0) is 27.1 Å². The van der Waals surface area contributed by atoms with Crippen LogP contribution < -0.4 is 10.6 Å². The molecule has 1 aromatic heterocycles. The van der Waals surface area contributed by atoms with Crippen LogP contribution in [-0.4, -0.2) is 72.7 Å². The van der Waals surface area contributed by atoms with E-state index in [1.165, 1.54) is 7.11 Å². The van der Waals surface area contributed by atoms with E-state index in [2.05, 4.69) is 22.8 Å². The molecule has 0 saturated carbocycles. The van der Waals surface area contributed by atoms with Gasteiger partial charge in [-0.2, -0.15) is 5.10 Å². The summed E-state index contributed by atoms with van der Waals surface area (Å²) in [5, 5.41) is 11.1. The number of hydrogen-bond donors (Lipinski definition) is 2. The van der Waals surface area contributed by atoms with Crippen LogP contribution in [0, 0.1) is 0 Å². The zero-order valence-electron chi connectivity index (χ0n) is 21.2. The van der Waals surface area contributed by atoms with E-state index in [-0.39, 0.29) is 30.6 Å². The van der Waals surface area contributed by atoms with Crippen molar-refractivity contribution in [2.24, 2.45) is 0 Å². The van der Waals surface area contributed by atoms with Crippen molar-refractivity contribution >= 4 is 17.8 Å². The van der Waals surface area contributed by atoms with Gasteiger partial charge < -0.3 is 14.8 Å². The molecular formula is C28H33N5O4. The lowest BCUT2D eigenvalue weighted by Crippen LogP contribution is -2.46. The molecule has 0 bridgehead atoms. The van der Waals surface area contributed by atoms with Crippen molar-refractivity contribution < 1.29 is 19.1 Å². The van der Waals surface area contributed by atoms with E-state index in [1.807, 2.05) is 58.1 Å². The van der Waals surface area contributed by atoms with Crippen molar-refractivity contribution in [3.63, 3.8) is 0 Å². The van der Waals surface area contributed by atoms with Crippen molar-refractivity contribution in [3.8, 4) is 5.69 Å². The van der Waals surface area contributed by atoms with E-state index < -0.39 is 6.04 Å². The van der Waals surface area contributed by atoms with Crippen molar-refractivity contribution in [1.29, 1.82) is 0 Å². The number of rotatable bonds is 8. The number of esters is 1. The number of amides is 2. The molecule has 2 N–H and O–H groups in total. The third-order valence-electron chi connectivity index (χ3n) is 7.27. The average molecular weight is 504 g/mol. The summed E-state index contributed by atoms with van der Waals surface area (Å²) in [6, 6.07) is 18.9. The number of nitrogens with zero attached hydrogens (tertiary/aromatic N) is 3. The molecule has 3 atom stereocenters. The first kappa shape index (κ1) is 25.0. The zero-order valence-corrected chi connectivity index (χ0v) is 21.2. The van der Waals surface area contributed by atoms with Gasteiger partial charge in [-0.25, -0.2) is 9.48 Å². The number of methoxy groups -OCH3 is 2. The average Bonchev–Trinajstić information content (AvgIpc) is 3.64. The Morgan fingerprint density at radius 1 is 1.03 bits per heavy atom. The first-order valence-corrected chi connectivity index (χ1v) is 12.7. The molecule has 2 amide bonds. The number of urea groups is 1. The Bertz CT molecular complexity index is 1230. The Balaban J connectivity index is 1.38. The number of aryl methyl sites for hydroxylation is 1. The Hall–Kier alpha value is -3.69. The largest absolute Gasteiger partial charge is 0.468 e. The highest BCUT2D eigenvalue weighted by Crippen LogP contribution is 2.32. The summed E-state index contributed by atoms with van der Waals surface area (Å²) >= 11 is 0. The lowest BCUT2D eigenvalue weighted by molar-refractivity contribution is -0.148. The van der Waals surface area contributed by atoms with E-state index >= 15 is 0 Å². The van der Waals surface area contributed by atoms with E-state index in [9.17, 15) is 9.59 Å². The van der Waals surface area contributed by atoms with Gasteiger partial charge in [-0.15, -0.1) is 0 Å². The minimum atomic E-state index is -0.543. The molecule has 1 aliphatic heterocycles. The molecule has 5 rings (SSSR count). The van der Waals surface area contributed by atoms with E-state index in [0.717, 1.165) is 41.8 Å². The van der Waals surface area contributed by atoms with Gasteiger partial charge in [0.2, 0.25) is 0 Å². The molecule has 2 heterocycles. The monoisotopic (exact) mass is 503 g/mol. The Labute approximate surface area is 216 Å². The first-order chi connectivity index (χ1) is 18.1. The minimum absolute atomic E-state index is 0.000659. The number of hydrogen-bond acceptors (Lipinski definition) is 6. The molecule has 1 saturated heterocycles. The summed E-state index contributed by atoms with van der Waals surface area (Å²) in [4.78, 5) is 28.0. The van der Waals surface area contributed by atoms with E-state index in [0.29, 0.717) is 18.9 Å². The van der Waals surface area contributed by atoms with E-state index in [4.69, 9.17) is 14.6 Å². The van der Waals surface area contributed by atoms with Crippen LogP contribution in [0.4, 0.5) is 10.6 Å². The molecule has 9 heteroatoms. The summed E-state index contributed by atoms with van der Waals surface area (Å²) in [5.74, 6) is 0.371. The normalized spacial score (nSPS) is 19.8. The third-order valence-corrected chi connectivity index (χ3v) is 7.27. The molecule has 2 unspecified atom stereocenters. The molecule has 2 aliphatic rings. The fourth-order valence-electron chi connectivity index (χ4n) is 5.48. The van der Waals surface area contributed by atoms with Gasteiger partial charge in [-0.05, 0) is 37.0 Å². The third kappa shape index (κ3) is 5.23. The first-order valence-electron chi connectivity index (χ1n) is 12.7. The number of aromatic nitrogens is 2. The maximum atomic E-state index is 13.4. The number of likely N-dealkylation sites (tertiary alicyclic amines) is 1. The number of nitrogens with one attached hydrogen (secondary N) is 2. The van der Waals surface area contributed by atoms with Gasteiger partial charge in [0.1, 0.15) is 11.9 Å². The highest BCUT2D eigenvalue weighted by Gasteiger charge is 2.40. The summed E-state index contributed by atoms with van der Waals surface area (Å²) in [6.45, 7) is 1.30. The topological polar surface area (TPSA) is 97.7 Å². The zero-order chi connectivity index (χ0) is 25.8. The van der Waals surface area contributed by atoms with Gasteiger partial charge in [-0.1, -0.05) is 48.5 Å². The van der Waals surface area contributed by atoms with Gasteiger partial charge in [0.15, 0.2) is 0 Å². The molecule has 3 aromatic rings. The summed E-state index contributed by atoms with van der Waals surface area (Å²) in [7, 11) is 2.95. The molecule has 1 fully saturated rings. The fraction of sp³-hybridized carbons (Fsp3) is 0.393. The number of ether oxygens (including phenoxy) is 2. The van der Waals surface area contributed by atoms with Gasteiger partial charge in [0.25, 0.3) is 0 Å². The molecule has 37 heavy (non-hydrogen) atoms. The van der Waals surface area contributed by atoms with Gasteiger partial charge in [-0.3, -0.25) is 15.0 Å². The van der Waals surface area contributed by atoms with Gasteiger partial charge in [0.05, 0.1) is 31.1 Å². The molecule has 2 aromatic carbocycles. The van der Waals surface area contributed by atoms with Crippen molar-refractivity contribution in [1.82, 2.24) is 20.0 Å². The maximum Gasteiger partial charge on any atom is 0.325 e. The molecule has 0 spiro atoms. The molecular weight excluding hydrogens is 470 g/mol. The second-order valence-electron chi connectivity index (χ2n) is 9.55. The SMILES string of the molecule is COCC(C(=O)OC)N1CC(NC(=O)Nc2c3c(nn2-c2ccccc2)CCC3)[C@H](c2ccccc2)C1. The molecule has 0 radical (unpaired) electrons. The van der Waals surface area contributed by atoms with Crippen LogP contribution in [0.2, 0.25) is 0 Å². The summed E-state index contributed by atoms with van der Waals surface area (Å²) in [6.07, 6.45) is 2.83. The lowest BCUT2D eigenvalue weighted by Gasteiger charge is -2.25. The highest BCUT2D eigenvalue weighted by atomic mass is 16.5. The van der Waals surface area contributed by atoms with Crippen molar-refractivity contribution in [3.05, 3.63) is 77.5 Å². The van der Waals surface area contributed by atoms with E-state index in [1.54, 1.807) is 7.11 Å². The van der Waals surface area contributed by atoms with Crippen LogP contribution in [0.1, 0.15) is 29.2 Å². The number of anilines is 1. The van der Waals surface area contributed by atoms with Crippen LogP contribution in [0.25, 0.3) is 5.69 Å². The predicted molar refractivity (Wildman–Crippen MR) is 140 cm³/mol. The number of para-hydroxylation sites is 1. The maximum absolute atomic E-state index is 13.4.